The number of carbonyl (C=O) groups excluding carboxylic acids is 2. The van der Waals surface area contributed by atoms with E-state index in [0.717, 1.165) is 12.0 Å². The predicted octanol–water partition coefficient (Wildman–Crippen LogP) is 1.11. The molecule has 1 fully saturated rings. The topological polar surface area (TPSA) is 127 Å². The highest BCUT2D eigenvalue weighted by Crippen LogP contribution is 2.38. The Morgan fingerprint density at radius 1 is 1.27 bits per heavy atom. The van der Waals surface area contributed by atoms with Crippen molar-refractivity contribution in [2.75, 3.05) is 23.8 Å². The number of nitrogens with two attached hydrogens (primary N) is 1. The Balaban J connectivity index is 1.88. The van der Waals surface area contributed by atoms with Gasteiger partial charge in [-0.25, -0.2) is 4.79 Å². The molecular weight excluding hydrogens is 388 g/mol. The van der Waals surface area contributed by atoms with Crippen molar-refractivity contribution >= 4 is 23.4 Å². The first-order valence-electron chi connectivity index (χ1n) is 9.97. The summed E-state index contributed by atoms with van der Waals surface area (Å²) in [4.78, 5) is 53.0. The van der Waals surface area contributed by atoms with Crippen molar-refractivity contribution in [3.05, 3.63) is 56.7 Å². The summed E-state index contributed by atoms with van der Waals surface area (Å²) in [5, 5.41) is 0. The molecule has 0 aliphatic heterocycles. The largest absolute Gasteiger partial charge is 0.455 e. The zero-order valence-corrected chi connectivity index (χ0v) is 17.1. The van der Waals surface area contributed by atoms with Gasteiger partial charge in [-0.1, -0.05) is 44.2 Å². The summed E-state index contributed by atoms with van der Waals surface area (Å²) in [5.41, 5.74) is 5.45. The van der Waals surface area contributed by atoms with E-state index in [1.165, 1.54) is 9.47 Å². The molecule has 1 heterocycles. The Kier molecular flexibility index (Phi) is 6.39. The van der Waals surface area contributed by atoms with E-state index in [1.807, 2.05) is 44.2 Å². The van der Waals surface area contributed by atoms with Crippen LogP contribution < -0.4 is 21.9 Å². The van der Waals surface area contributed by atoms with E-state index >= 15 is 0 Å². The smallest absolute Gasteiger partial charge is 0.330 e. The van der Waals surface area contributed by atoms with Gasteiger partial charge in [0.05, 0.1) is 12.5 Å². The van der Waals surface area contributed by atoms with Crippen LogP contribution >= 0.6 is 0 Å². The number of aromatic nitrogens is 2. The van der Waals surface area contributed by atoms with Gasteiger partial charge in [0.2, 0.25) is 0 Å². The Bertz CT molecular complexity index is 1040. The van der Waals surface area contributed by atoms with Crippen LogP contribution in [0.3, 0.4) is 0 Å². The van der Waals surface area contributed by atoms with E-state index < -0.39 is 29.7 Å². The van der Waals surface area contributed by atoms with E-state index in [4.69, 9.17) is 10.5 Å². The summed E-state index contributed by atoms with van der Waals surface area (Å²) >= 11 is 0. The highest BCUT2D eigenvalue weighted by Gasteiger charge is 2.41. The number of carbonyl (C=O) groups is 2. The maximum absolute atomic E-state index is 12.8. The molecule has 1 saturated carbocycles. The number of amides is 1. The van der Waals surface area contributed by atoms with Gasteiger partial charge in [0.1, 0.15) is 5.82 Å². The molecule has 30 heavy (non-hydrogen) atoms. The van der Waals surface area contributed by atoms with E-state index in [1.54, 1.807) is 0 Å². The Morgan fingerprint density at radius 2 is 1.93 bits per heavy atom. The average molecular weight is 414 g/mol. The molecule has 2 atom stereocenters. The van der Waals surface area contributed by atoms with Crippen molar-refractivity contribution in [1.29, 1.82) is 0 Å². The second kappa shape index (κ2) is 8.98. The molecule has 1 amide bonds. The third kappa shape index (κ3) is 4.61. The molecule has 3 N–H and O–H groups in total. The van der Waals surface area contributed by atoms with Gasteiger partial charge in [0, 0.05) is 6.54 Å². The van der Waals surface area contributed by atoms with E-state index in [-0.39, 0.29) is 36.4 Å². The Morgan fingerprint density at radius 3 is 2.53 bits per heavy atom. The predicted molar refractivity (Wildman–Crippen MR) is 112 cm³/mol. The molecule has 0 unspecified atom stereocenters. The molecule has 9 heteroatoms. The van der Waals surface area contributed by atoms with Crippen molar-refractivity contribution < 1.29 is 14.3 Å². The molecule has 0 saturated heterocycles. The summed E-state index contributed by atoms with van der Waals surface area (Å²) in [5.74, 6) is -1.00. The third-order valence-corrected chi connectivity index (χ3v) is 5.17. The van der Waals surface area contributed by atoms with Gasteiger partial charge in [0.15, 0.2) is 12.3 Å². The van der Waals surface area contributed by atoms with Crippen molar-refractivity contribution in [2.24, 2.45) is 11.8 Å². The molecule has 2 aromatic rings. The van der Waals surface area contributed by atoms with Crippen LogP contribution in [0.15, 0.2) is 39.9 Å². The van der Waals surface area contributed by atoms with Crippen molar-refractivity contribution in [3.8, 4) is 0 Å². The number of nitrogens with zero attached hydrogens (tertiary/aromatic N) is 2. The van der Waals surface area contributed by atoms with Crippen LogP contribution in [0.25, 0.3) is 0 Å². The van der Waals surface area contributed by atoms with Crippen LogP contribution in [0.5, 0.6) is 0 Å². The minimum Gasteiger partial charge on any atom is -0.455 e. The van der Waals surface area contributed by atoms with Gasteiger partial charge >= 0.3 is 11.7 Å². The number of rotatable bonds is 8. The highest BCUT2D eigenvalue weighted by atomic mass is 16.5. The number of esters is 1. The minimum atomic E-state index is -0.759. The molecular formula is C21H26N4O5. The number of ether oxygens (including phenoxy) is 1. The van der Waals surface area contributed by atoms with E-state index in [9.17, 15) is 19.2 Å². The third-order valence-electron chi connectivity index (χ3n) is 5.17. The number of hydrogen-bond donors (Lipinski definition) is 2. The summed E-state index contributed by atoms with van der Waals surface area (Å²) in [6.07, 6.45) is 1.29. The van der Waals surface area contributed by atoms with Crippen LogP contribution in [0, 0.1) is 11.8 Å². The van der Waals surface area contributed by atoms with Gasteiger partial charge in [-0.05, 0) is 24.3 Å². The van der Waals surface area contributed by atoms with Crippen LogP contribution in [0.1, 0.15) is 32.3 Å². The van der Waals surface area contributed by atoms with Gasteiger partial charge in [-0.3, -0.25) is 23.9 Å². The summed E-state index contributed by atoms with van der Waals surface area (Å²) in [7, 11) is 0. The second-order valence-corrected chi connectivity index (χ2v) is 7.54. The number of aromatic amines is 1. The minimum absolute atomic E-state index is 0.114. The van der Waals surface area contributed by atoms with E-state index in [0.29, 0.717) is 6.42 Å². The lowest BCUT2D eigenvalue weighted by Gasteiger charge is -2.24. The quantitative estimate of drug-likeness (QED) is 0.623. The number of H-pyrrole nitrogens is 1. The average Bonchev–Trinajstić information content (AvgIpc) is 3.45. The first-order chi connectivity index (χ1) is 14.3. The lowest BCUT2D eigenvalue weighted by Crippen LogP contribution is -2.43. The molecule has 0 bridgehead atoms. The normalized spacial score (nSPS) is 17.4. The van der Waals surface area contributed by atoms with Gasteiger partial charge < -0.3 is 15.4 Å². The second-order valence-electron chi connectivity index (χ2n) is 7.54. The Hall–Kier alpha value is -3.36. The number of nitrogen functional groups attached to an aromatic ring is 1. The molecule has 3 rings (SSSR count). The van der Waals surface area contributed by atoms with Crippen molar-refractivity contribution in [2.45, 2.75) is 33.2 Å². The van der Waals surface area contributed by atoms with E-state index in [2.05, 4.69) is 4.98 Å². The summed E-state index contributed by atoms with van der Waals surface area (Å²) < 4.78 is 6.33. The van der Waals surface area contributed by atoms with Gasteiger partial charge in [0.25, 0.3) is 11.5 Å². The zero-order valence-electron chi connectivity index (χ0n) is 17.1. The lowest BCUT2D eigenvalue weighted by molar-refractivity contribution is -0.149. The summed E-state index contributed by atoms with van der Waals surface area (Å²) in [6.45, 7) is 3.61. The first kappa shape index (κ1) is 21.4. The van der Waals surface area contributed by atoms with Gasteiger partial charge in [-0.15, -0.1) is 0 Å². The lowest BCUT2D eigenvalue weighted by atomic mass is 10.2. The number of nitrogens with one attached hydrogen (secondary N) is 1. The molecule has 160 valence electrons. The Labute approximate surface area is 173 Å². The van der Waals surface area contributed by atoms with Crippen molar-refractivity contribution in [3.63, 3.8) is 0 Å². The highest BCUT2D eigenvalue weighted by molar-refractivity contribution is 5.97. The fourth-order valence-electron chi connectivity index (χ4n) is 3.31. The maximum atomic E-state index is 12.8. The first-order valence-corrected chi connectivity index (χ1v) is 9.97. The zero-order chi connectivity index (χ0) is 21.8. The maximum Gasteiger partial charge on any atom is 0.330 e. The van der Waals surface area contributed by atoms with Crippen LogP contribution in [-0.2, 0) is 20.9 Å². The number of anilines is 2. The fourth-order valence-corrected chi connectivity index (χ4v) is 3.31. The van der Waals surface area contributed by atoms with Gasteiger partial charge in [-0.2, -0.15) is 0 Å². The molecule has 1 aliphatic rings. The molecule has 1 aromatic carbocycles. The van der Waals surface area contributed by atoms with Crippen LogP contribution in [0.2, 0.25) is 0 Å². The fraction of sp³-hybridized carbons (Fsp3) is 0.429. The van der Waals surface area contributed by atoms with Crippen molar-refractivity contribution in [1.82, 2.24) is 9.55 Å². The molecule has 1 aliphatic carbocycles. The monoisotopic (exact) mass is 414 g/mol. The number of benzene rings is 1. The standard InChI is InChI=1S/C21H26N4O5/c1-3-9-24(16(26)12-30-20(28)15-10-13(15)2)17-18(22)25(21(29)23-19(17)27)11-14-7-5-4-6-8-14/h4-8,13,15H,3,9-12,22H2,1-2H3,(H,23,27,29)/t13-,15-/m1/s1. The molecule has 0 radical (unpaired) electrons. The molecule has 0 spiro atoms. The summed E-state index contributed by atoms with van der Waals surface area (Å²) in [6, 6.07) is 9.14. The van der Waals surface area contributed by atoms with Crippen LogP contribution in [-0.4, -0.2) is 34.6 Å². The van der Waals surface area contributed by atoms with Crippen LogP contribution in [0.4, 0.5) is 11.5 Å². The number of hydrogen-bond acceptors (Lipinski definition) is 6. The SMILES string of the molecule is CCCN(C(=O)COC(=O)[C@@H]1C[C@H]1C)c1c(N)n(Cc2ccccc2)c(=O)[nH]c1=O. The molecule has 1 aromatic heterocycles. The molecule has 9 nitrogen and oxygen atoms in total.